The number of hydrogen-bond acceptors (Lipinski definition) is 8. The van der Waals surface area contributed by atoms with E-state index in [2.05, 4.69) is 24.8 Å². The minimum absolute atomic E-state index is 0.254. The number of amides is 3. The van der Waals surface area contributed by atoms with Crippen LogP contribution >= 0.6 is 0 Å². The zero-order chi connectivity index (χ0) is 25.0. The van der Waals surface area contributed by atoms with E-state index in [0.717, 1.165) is 5.69 Å². The standard InChI is InChI=1S/C10H15N3O2.2C5H11NO2/c1-7-5-6-11-8(12-7)13-9(14)15-10(2,3)4;2*1-5(2,3)8-4(6)7/h5-6H,1-4H3,(H,11,12,13,14);2*1-3H3,(H2,6,7). The van der Waals surface area contributed by atoms with E-state index in [-0.39, 0.29) is 5.95 Å². The summed E-state index contributed by atoms with van der Waals surface area (Å²) in [7, 11) is 0. The number of aryl methyl sites for hydroxylation is 1. The molecule has 11 nitrogen and oxygen atoms in total. The Balaban J connectivity index is 0. The monoisotopic (exact) mass is 443 g/mol. The van der Waals surface area contributed by atoms with Gasteiger partial charge in [-0.25, -0.2) is 24.4 Å². The van der Waals surface area contributed by atoms with E-state index in [1.54, 1.807) is 74.6 Å². The van der Waals surface area contributed by atoms with Crippen LogP contribution in [0.5, 0.6) is 0 Å². The number of ether oxygens (including phenoxy) is 3. The lowest BCUT2D eigenvalue weighted by Crippen LogP contribution is -2.27. The highest BCUT2D eigenvalue weighted by atomic mass is 16.6. The van der Waals surface area contributed by atoms with Crippen molar-refractivity contribution in [2.75, 3.05) is 5.32 Å². The Kier molecular flexibility index (Phi) is 12.2. The number of anilines is 1. The Morgan fingerprint density at radius 1 is 0.806 bits per heavy atom. The van der Waals surface area contributed by atoms with Crippen molar-refractivity contribution in [3.63, 3.8) is 0 Å². The smallest absolute Gasteiger partial charge is 0.414 e. The van der Waals surface area contributed by atoms with Gasteiger partial charge in [-0.1, -0.05) is 0 Å². The Labute approximate surface area is 184 Å². The molecule has 31 heavy (non-hydrogen) atoms. The fraction of sp³-hybridized carbons (Fsp3) is 0.650. The molecule has 0 aliphatic carbocycles. The number of aromatic nitrogens is 2. The molecule has 11 heteroatoms. The summed E-state index contributed by atoms with van der Waals surface area (Å²) in [6, 6.07) is 1.75. The molecule has 1 heterocycles. The summed E-state index contributed by atoms with van der Waals surface area (Å²) in [6.07, 6.45) is -0.419. The van der Waals surface area contributed by atoms with Crippen molar-refractivity contribution >= 4 is 24.2 Å². The number of nitrogens with two attached hydrogens (primary N) is 2. The number of carbonyl (C=O) groups excluding carboxylic acids is 3. The van der Waals surface area contributed by atoms with E-state index in [0.29, 0.717) is 0 Å². The first kappa shape index (κ1) is 30.1. The molecule has 0 aliphatic heterocycles. The average molecular weight is 444 g/mol. The molecule has 0 fully saturated rings. The van der Waals surface area contributed by atoms with Gasteiger partial charge in [0.2, 0.25) is 5.95 Å². The van der Waals surface area contributed by atoms with Gasteiger partial charge in [0.1, 0.15) is 16.8 Å². The molecular formula is C20H37N5O6. The van der Waals surface area contributed by atoms with Crippen molar-refractivity contribution in [3.05, 3.63) is 18.0 Å². The first-order chi connectivity index (χ1) is 13.7. The van der Waals surface area contributed by atoms with Crippen molar-refractivity contribution in [1.82, 2.24) is 9.97 Å². The Bertz CT molecular complexity index is 692. The number of carbonyl (C=O) groups is 3. The normalized spacial score (nSPS) is 10.9. The highest BCUT2D eigenvalue weighted by molar-refractivity contribution is 5.82. The molecule has 1 aromatic heterocycles. The molecule has 0 spiro atoms. The topological polar surface area (TPSA) is 169 Å². The summed E-state index contributed by atoms with van der Waals surface area (Å²) in [4.78, 5) is 39.3. The van der Waals surface area contributed by atoms with Gasteiger partial charge < -0.3 is 25.7 Å². The molecule has 0 bridgehead atoms. The van der Waals surface area contributed by atoms with Gasteiger partial charge in [-0.2, -0.15) is 0 Å². The molecule has 0 saturated heterocycles. The molecule has 0 radical (unpaired) electrons. The lowest BCUT2D eigenvalue weighted by atomic mass is 10.2. The molecule has 0 unspecified atom stereocenters. The minimum Gasteiger partial charge on any atom is -0.444 e. The van der Waals surface area contributed by atoms with Crippen LogP contribution in [0.15, 0.2) is 12.3 Å². The molecular weight excluding hydrogens is 406 g/mol. The van der Waals surface area contributed by atoms with Gasteiger partial charge in [0, 0.05) is 11.9 Å². The Morgan fingerprint density at radius 2 is 1.19 bits per heavy atom. The van der Waals surface area contributed by atoms with Crippen LogP contribution in [-0.4, -0.2) is 45.1 Å². The SMILES string of the molecule is CC(C)(C)OC(N)=O.CC(C)(C)OC(N)=O.Cc1ccnc(NC(=O)OC(C)(C)C)n1. The molecule has 0 aliphatic rings. The summed E-state index contributed by atoms with van der Waals surface area (Å²) in [5.41, 5.74) is 8.80. The summed E-state index contributed by atoms with van der Waals surface area (Å²) in [5, 5.41) is 2.46. The second-order valence-corrected chi connectivity index (χ2v) is 9.22. The first-order valence-electron chi connectivity index (χ1n) is 9.47. The summed E-state index contributed by atoms with van der Waals surface area (Å²) < 4.78 is 14.2. The van der Waals surface area contributed by atoms with E-state index in [1.165, 1.54) is 0 Å². The largest absolute Gasteiger partial charge is 0.444 e. The minimum atomic E-state index is -0.725. The molecule has 1 aromatic rings. The van der Waals surface area contributed by atoms with Gasteiger partial charge in [-0.05, 0) is 75.3 Å². The maximum absolute atomic E-state index is 11.3. The second-order valence-electron chi connectivity index (χ2n) is 9.22. The van der Waals surface area contributed by atoms with Crippen LogP contribution in [0.2, 0.25) is 0 Å². The predicted molar refractivity (Wildman–Crippen MR) is 117 cm³/mol. The van der Waals surface area contributed by atoms with Crippen LogP contribution in [-0.2, 0) is 14.2 Å². The molecule has 178 valence electrons. The number of hydrogen-bond donors (Lipinski definition) is 3. The predicted octanol–water partition coefficient (Wildman–Crippen LogP) is 3.89. The number of nitrogens with zero attached hydrogens (tertiary/aromatic N) is 2. The van der Waals surface area contributed by atoms with E-state index in [4.69, 9.17) is 16.2 Å². The van der Waals surface area contributed by atoms with Gasteiger partial charge in [-0.15, -0.1) is 0 Å². The number of nitrogens with one attached hydrogen (secondary N) is 1. The molecule has 3 amide bonds. The first-order valence-corrected chi connectivity index (χ1v) is 9.47. The lowest BCUT2D eigenvalue weighted by molar-refractivity contribution is 0.0588. The van der Waals surface area contributed by atoms with Gasteiger partial charge in [-0.3, -0.25) is 5.32 Å². The highest BCUT2D eigenvalue weighted by Crippen LogP contribution is 2.09. The molecule has 5 N–H and O–H groups in total. The zero-order valence-corrected chi connectivity index (χ0v) is 20.2. The van der Waals surface area contributed by atoms with Crippen molar-refractivity contribution < 1.29 is 28.6 Å². The summed E-state index contributed by atoms with van der Waals surface area (Å²) >= 11 is 0. The van der Waals surface area contributed by atoms with Crippen LogP contribution in [0.3, 0.4) is 0 Å². The summed E-state index contributed by atoms with van der Waals surface area (Å²) in [6.45, 7) is 17.8. The third-order valence-electron chi connectivity index (χ3n) is 2.22. The van der Waals surface area contributed by atoms with Crippen LogP contribution in [0.1, 0.15) is 68.0 Å². The highest BCUT2D eigenvalue weighted by Gasteiger charge is 2.17. The van der Waals surface area contributed by atoms with Crippen molar-refractivity contribution in [2.45, 2.75) is 86.0 Å². The Morgan fingerprint density at radius 3 is 1.45 bits per heavy atom. The van der Waals surface area contributed by atoms with Crippen molar-refractivity contribution in [2.24, 2.45) is 11.5 Å². The van der Waals surface area contributed by atoms with Crippen molar-refractivity contribution in [3.8, 4) is 0 Å². The van der Waals surface area contributed by atoms with Crippen LogP contribution in [0, 0.1) is 6.92 Å². The van der Waals surface area contributed by atoms with Gasteiger partial charge in [0.25, 0.3) is 0 Å². The van der Waals surface area contributed by atoms with E-state index >= 15 is 0 Å². The van der Waals surface area contributed by atoms with Gasteiger partial charge in [0.05, 0.1) is 0 Å². The maximum atomic E-state index is 11.3. The fourth-order valence-electron chi connectivity index (χ4n) is 1.51. The molecule has 0 aromatic carbocycles. The third kappa shape index (κ3) is 24.9. The van der Waals surface area contributed by atoms with Crippen molar-refractivity contribution in [1.29, 1.82) is 0 Å². The van der Waals surface area contributed by atoms with Crippen LogP contribution in [0.4, 0.5) is 20.3 Å². The number of primary amides is 2. The third-order valence-corrected chi connectivity index (χ3v) is 2.22. The second kappa shape index (κ2) is 12.6. The van der Waals surface area contributed by atoms with Crippen LogP contribution in [0.25, 0.3) is 0 Å². The van der Waals surface area contributed by atoms with E-state index < -0.39 is 35.1 Å². The van der Waals surface area contributed by atoms with Gasteiger partial charge >= 0.3 is 18.3 Å². The Hall–Kier alpha value is -3.11. The molecule has 0 atom stereocenters. The van der Waals surface area contributed by atoms with E-state index in [1.807, 2.05) is 6.92 Å². The zero-order valence-electron chi connectivity index (χ0n) is 20.2. The quantitative estimate of drug-likeness (QED) is 0.549. The maximum Gasteiger partial charge on any atom is 0.414 e. The lowest BCUT2D eigenvalue weighted by Gasteiger charge is -2.19. The summed E-state index contributed by atoms with van der Waals surface area (Å²) in [5.74, 6) is 0.254. The molecule has 1 rings (SSSR count). The molecule has 0 saturated carbocycles. The van der Waals surface area contributed by atoms with E-state index in [9.17, 15) is 14.4 Å². The van der Waals surface area contributed by atoms with Gasteiger partial charge in [0.15, 0.2) is 0 Å². The van der Waals surface area contributed by atoms with Crippen LogP contribution < -0.4 is 16.8 Å². The fourth-order valence-corrected chi connectivity index (χ4v) is 1.51. The average Bonchev–Trinajstić information content (AvgIpc) is 2.40. The number of rotatable bonds is 1.